The summed E-state index contributed by atoms with van der Waals surface area (Å²) in [5, 5.41) is 6.54. The number of aromatic nitrogens is 1. The highest BCUT2D eigenvalue weighted by molar-refractivity contribution is 14.0. The Morgan fingerprint density at radius 1 is 1.39 bits per heavy atom. The molecule has 0 radical (unpaired) electrons. The van der Waals surface area contributed by atoms with Crippen molar-refractivity contribution >= 4 is 29.9 Å². The Morgan fingerprint density at radius 2 is 2.17 bits per heavy atom. The summed E-state index contributed by atoms with van der Waals surface area (Å²) < 4.78 is 11.4. The van der Waals surface area contributed by atoms with Crippen molar-refractivity contribution in [3.63, 3.8) is 0 Å². The lowest BCUT2D eigenvalue weighted by Crippen LogP contribution is -2.41. The van der Waals surface area contributed by atoms with E-state index in [9.17, 15) is 0 Å². The van der Waals surface area contributed by atoms with Crippen molar-refractivity contribution in [2.45, 2.75) is 58.6 Å². The van der Waals surface area contributed by atoms with Gasteiger partial charge in [0.1, 0.15) is 12.3 Å². The van der Waals surface area contributed by atoms with Crippen LogP contribution in [0.3, 0.4) is 0 Å². The van der Waals surface area contributed by atoms with Crippen LogP contribution in [-0.4, -0.2) is 36.7 Å². The highest BCUT2D eigenvalue weighted by atomic mass is 127. The molecule has 0 bridgehead atoms. The van der Waals surface area contributed by atoms with Crippen LogP contribution in [0, 0.1) is 0 Å². The molecule has 0 aliphatic carbocycles. The summed E-state index contributed by atoms with van der Waals surface area (Å²) >= 11 is 0. The van der Waals surface area contributed by atoms with Crippen LogP contribution >= 0.6 is 24.0 Å². The van der Waals surface area contributed by atoms with E-state index in [1.54, 1.807) is 6.20 Å². The average Bonchev–Trinajstić information content (AvgIpc) is 3.12. The molecule has 2 N–H and O–H groups in total. The maximum absolute atomic E-state index is 5.76. The highest BCUT2D eigenvalue weighted by Crippen LogP contribution is 2.22. The third-order valence-corrected chi connectivity index (χ3v) is 3.53. The van der Waals surface area contributed by atoms with Crippen LogP contribution in [0.5, 0.6) is 0 Å². The standard InChI is InChI=1S/C16H28N4O2.HI/c1-5-17-15(19-9-12-7-6-8-21-12)20-11-14-18-10-13(22-14)16(2,3)4;/h10,12H,5-9,11H2,1-4H3,(H2,17,19,20);1H. The zero-order chi connectivity index (χ0) is 16.0. The van der Waals surface area contributed by atoms with Gasteiger partial charge in [0.15, 0.2) is 5.96 Å². The van der Waals surface area contributed by atoms with Crippen molar-refractivity contribution in [2.75, 3.05) is 19.7 Å². The van der Waals surface area contributed by atoms with E-state index in [0.717, 1.165) is 44.3 Å². The number of guanidine groups is 1. The van der Waals surface area contributed by atoms with Gasteiger partial charge < -0.3 is 19.8 Å². The van der Waals surface area contributed by atoms with Gasteiger partial charge in [0.2, 0.25) is 5.89 Å². The molecule has 0 spiro atoms. The number of aliphatic imine (C=N–C) groups is 1. The lowest BCUT2D eigenvalue weighted by atomic mass is 9.94. The van der Waals surface area contributed by atoms with Crippen LogP contribution in [0.4, 0.5) is 0 Å². The quantitative estimate of drug-likeness (QED) is 0.422. The first-order chi connectivity index (χ1) is 10.5. The predicted octanol–water partition coefficient (Wildman–Crippen LogP) is 2.82. The van der Waals surface area contributed by atoms with E-state index in [0.29, 0.717) is 12.4 Å². The summed E-state index contributed by atoms with van der Waals surface area (Å²) in [7, 11) is 0. The second-order valence-corrected chi connectivity index (χ2v) is 6.58. The lowest BCUT2D eigenvalue weighted by Gasteiger charge is -2.14. The summed E-state index contributed by atoms with van der Waals surface area (Å²) in [6, 6.07) is 0. The van der Waals surface area contributed by atoms with E-state index in [1.165, 1.54) is 0 Å². The molecule has 1 aliphatic rings. The van der Waals surface area contributed by atoms with Gasteiger partial charge in [-0.1, -0.05) is 20.8 Å². The van der Waals surface area contributed by atoms with Gasteiger partial charge in [-0.05, 0) is 19.8 Å². The summed E-state index contributed by atoms with van der Waals surface area (Å²) in [6.45, 7) is 11.3. The molecule has 0 amide bonds. The van der Waals surface area contributed by atoms with Gasteiger partial charge in [0, 0.05) is 25.1 Å². The maximum Gasteiger partial charge on any atom is 0.216 e. The largest absolute Gasteiger partial charge is 0.443 e. The smallest absolute Gasteiger partial charge is 0.216 e. The van der Waals surface area contributed by atoms with E-state index >= 15 is 0 Å². The SMILES string of the molecule is CCNC(=NCc1ncc(C(C)(C)C)o1)NCC1CCCO1.I. The molecule has 0 saturated carbocycles. The van der Waals surface area contributed by atoms with Gasteiger partial charge in [-0.15, -0.1) is 24.0 Å². The molecule has 1 aromatic rings. The Kier molecular flexibility index (Phi) is 8.32. The highest BCUT2D eigenvalue weighted by Gasteiger charge is 2.19. The summed E-state index contributed by atoms with van der Waals surface area (Å²) in [4.78, 5) is 8.82. The van der Waals surface area contributed by atoms with Crippen LogP contribution in [0.2, 0.25) is 0 Å². The third kappa shape index (κ3) is 6.66. The zero-order valence-corrected chi connectivity index (χ0v) is 16.8. The molecule has 6 nitrogen and oxygen atoms in total. The molecule has 1 saturated heterocycles. The number of nitrogens with zero attached hydrogens (tertiary/aromatic N) is 2. The van der Waals surface area contributed by atoms with Crippen molar-refractivity contribution in [2.24, 2.45) is 4.99 Å². The Hall–Kier alpha value is -0.830. The molecule has 1 fully saturated rings. The molecule has 1 atom stereocenters. The van der Waals surface area contributed by atoms with E-state index in [-0.39, 0.29) is 35.5 Å². The fourth-order valence-corrected chi connectivity index (χ4v) is 2.23. The fourth-order valence-electron chi connectivity index (χ4n) is 2.23. The van der Waals surface area contributed by atoms with Gasteiger partial charge in [0.25, 0.3) is 0 Å². The van der Waals surface area contributed by atoms with Crippen LogP contribution in [0.25, 0.3) is 0 Å². The molecule has 1 aromatic heterocycles. The number of rotatable bonds is 5. The topological polar surface area (TPSA) is 71.7 Å². The molecule has 1 aliphatic heterocycles. The minimum absolute atomic E-state index is 0. The second-order valence-electron chi connectivity index (χ2n) is 6.58. The van der Waals surface area contributed by atoms with Gasteiger partial charge in [-0.3, -0.25) is 0 Å². The minimum Gasteiger partial charge on any atom is -0.443 e. The van der Waals surface area contributed by atoms with Gasteiger partial charge in [-0.25, -0.2) is 9.98 Å². The monoisotopic (exact) mass is 436 g/mol. The van der Waals surface area contributed by atoms with Crippen LogP contribution in [0.1, 0.15) is 52.2 Å². The second kappa shape index (κ2) is 9.46. The molecule has 2 rings (SSSR count). The number of hydrogen-bond acceptors (Lipinski definition) is 4. The van der Waals surface area contributed by atoms with Crippen molar-refractivity contribution in [3.05, 3.63) is 17.8 Å². The molecule has 0 aromatic carbocycles. The first kappa shape index (κ1) is 20.2. The first-order valence-electron chi connectivity index (χ1n) is 8.08. The molecule has 2 heterocycles. The molecule has 23 heavy (non-hydrogen) atoms. The van der Waals surface area contributed by atoms with Gasteiger partial charge in [-0.2, -0.15) is 0 Å². The van der Waals surface area contributed by atoms with Gasteiger partial charge in [0.05, 0.1) is 12.3 Å². The van der Waals surface area contributed by atoms with Crippen LogP contribution in [0.15, 0.2) is 15.6 Å². The summed E-state index contributed by atoms with van der Waals surface area (Å²) in [5.74, 6) is 2.29. The Morgan fingerprint density at radius 3 is 2.74 bits per heavy atom. The van der Waals surface area contributed by atoms with Gasteiger partial charge >= 0.3 is 0 Å². The molecule has 1 unspecified atom stereocenters. The zero-order valence-electron chi connectivity index (χ0n) is 14.5. The minimum atomic E-state index is -0.0302. The van der Waals surface area contributed by atoms with Crippen molar-refractivity contribution in [1.82, 2.24) is 15.6 Å². The number of ether oxygens (including phenoxy) is 1. The van der Waals surface area contributed by atoms with Crippen molar-refractivity contribution < 1.29 is 9.15 Å². The normalized spacial score (nSPS) is 18.6. The average molecular weight is 436 g/mol. The number of halogens is 1. The Balaban J connectivity index is 0.00000264. The van der Waals surface area contributed by atoms with Crippen molar-refractivity contribution in [1.29, 1.82) is 0 Å². The van der Waals surface area contributed by atoms with E-state index in [2.05, 4.69) is 41.4 Å². The number of oxazole rings is 1. The van der Waals surface area contributed by atoms with Crippen molar-refractivity contribution in [3.8, 4) is 0 Å². The summed E-state index contributed by atoms with van der Waals surface area (Å²) in [6.07, 6.45) is 4.34. The summed E-state index contributed by atoms with van der Waals surface area (Å²) in [5.41, 5.74) is -0.0302. The molecule has 7 heteroatoms. The predicted molar refractivity (Wildman–Crippen MR) is 102 cm³/mol. The van der Waals surface area contributed by atoms with E-state index < -0.39 is 0 Å². The first-order valence-corrected chi connectivity index (χ1v) is 8.08. The van der Waals surface area contributed by atoms with Crippen LogP contribution < -0.4 is 10.6 Å². The number of hydrogen-bond donors (Lipinski definition) is 2. The molecule has 132 valence electrons. The number of nitrogens with one attached hydrogen (secondary N) is 2. The maximum atomic E-state index is 5.76. The van der Waals surface area contributed by atoms with E-state index in [4.69, 9.17) is 9.15 Å². The Bertz CT molecular complexity index is 491. The van der Waals surface area contributed by atoms with Crippen LogP contribution in [-0.2, 0) is 16.7 Å². The fraction of sp³-hybridized carbons (Fsp3) is 0.750. The third-order valence-electron chi connectivity index (χ3n) is 3.53. The Labute approximate surface area is 155 Å². The lowest BCUT2D eigenvalue weighted by molar-refractivity contribution is 0.114. The van der Waals surface area contributed by atoms with E-state index in [1.807, 2.05) is 6.92 Å². The molecular weight excluding hydrogens is 407 g/mol. The molecular formula is C16H29IN4O2.